The molecule has 1 N–H and O–H groups in total. The lowest BCUT2D eigenvalue weighted by molar-refractivity contribution is -0.384. The highest BCUT2D eigenvalue weighted by atomic mass is 35.5. The van der Waals surface area contributed by atoms with Gasteiger partial charge in [0.15, 0.2) is 0 Å². The van der Waals surface area contributed by atoms with Gasteiger partial charge in [-0.25, -0.2) is 0 Å². The fourth-order valence-corrected chi connectivity index (χ4v) is 2.07. The Hall–Kier alpha value is -1.81. The lowest BCUT2D eigenvalue weighted by Gasteiger charge is -2.29. The second-order valence-electron chi connectivity index (χ2n) is 4.45. The number of nitro benzene ring substituents is 1. The van der Waals surface area contributed by atoms with Gasteiger partial charge in [0.1, 0.15) is 5.69 Å². The molecule has 0 spiro atoms. The van der Waals surface area contributed by atoms with Crippen molar-refractivity contribution in [3.8, 4) is 0 Å². The van der Waals surface area contributed by atoms with Crippen molar-refractivity contribution in [3.05, 3.63) is 57.6 Å². The fraction of sp³-hybridized carbons (Fsp3) is 0.231. The topological polar surface area (TPSA) is 55.2 Å². The maximum absolute atomic E-state index is 11.0. The molecule has 1 aromatic carbocycles. The molecule has 18 heavy (non-hydrogen) atoms. The van der Waals surface area contributed by atoms with Gasteiger partial charge in [-0.1, -0.05) is 35.9 Å². The summed E-state index contributed by atoms with van der Waals surface area (Å²) in [6.07, 6.45) is 8.65. The summed E-state index contributed by atoms with van der Waals surface area (Å²) in [5.74, 6) is 0. The van der Waals surface area contributed by atoms with Gasteiger partial charge < -0.3 is 5.32 Å². The quantitative estimate of drug-likeness (QED) is 0.665. The molecule has 0 saturated carbocycles. The van der Waals surface area contributed by atoms with E-state index in [4.69, 9.17) is 11.6 Å². The highest BCUT2D eigenvalue weighted by Crippen LogP contribution is 2.32. The van der Waals surface area contributed by atoms with E-state index in [1.54, 1.807) is 6.07 Å². The lowest BCUT2D eigenvalue weighted by atomic mass is 9.93. The van der Waals surface area contributed by atoms with E-state index in [1.165, 1.54) is 12.1 Å². The van der Waals surface area contributed by atoms with Crippen molar-refractivity contribution in [2.45, 2.75) is 18.9 Å². The summed E-state index contributed by atoms with van der Waals surface area (Å²) in [4.78, 5) is 10.6. The third kappa shape index (κ3) is 2.71. The van der Waals surface area contributed by atoms with Crippen molar-refractivity contribution in [2.24, 2.45) is 0 Å². The van der Waals surface area contributed by atoms with Crippen LogP contribution in [0.25, 0.3) is 0 Å². The lowest BCUT2D eigenvalue weighted by Crippen LogP contribution is -2.32. The minimum atomic E-state index is -0.412. The van der Waals surface area contributed by atoms with Crippen LogP contribution in [0.3, 0.4) is 0 Å². The van der Waals surface area contributed by atoms with E-state index in [0.29, 0.717) is 10.7 Å². The first-order chi connectivity index (χ1) is 8.50. The van der Waals surface area contributed by atoms with Crippen LogP contribution in [0, 0.1) is 10.1 Å². The van der Waals surface area contributed by atoms with Crippen LogP contribution in [0.2, 0.25) is 5.02 Å². The summed E-state index contributed by atoms with van der Waals surface area (Å²) in [5, 5.41) is 14.6. The molecule has 5 heteroatoms. The molecule has 4 nitrogen and oxygen atoms in total. The molecular formula is C13H13ClN2O2. The predicted molar refractivity (Wildman–Crippen MR) is 73.0 cm³/mol. The Morgan fingerprint density at radius 1 is 1.44 bits per heavy atom. The molecule has 1 aliphatic rings. The number of halogens is 1. The van der Waals surface area contributed by atoms with E-state index in [1.807, 2.05) is 31.2 Å². The second-order valence-corrected chi connectivity index (χ2v) is 4.89. The van der Waals surface area contributed by atoms with Crippen LogP contribution >= 0.6 is 11.6 Å². The van der Waals surface area contributed by atoms with Gasteiger partial charge in [0, 0.05) is 11.1 Å². The molecule has 1 aromatic rings. The first-order valence-corrected chi connectivity index (χ1v) is 5.94. The standard InChI is InChI=1S/C13H13ClN2O2/c1-13(7-3-2-4-8-13)15-11-9-10(14)5-6-12(11)16(17)18/h2-7,9,15H,8H2,1H3. The number of nitrogens with zero attached hydrogens (tertiary/aromatic N) is 1. The number of anilines is 1. The minimum absolute atomic E-state index is 0.0311. The first kappa shape index (κ1) is 12.6. The molecule has 0 radical (unpaired) electrons. The largest absolute Gasteiger partial charge is 0.370 e. The average molecular weight is 265 g/mol. The Morgan fingerprint density at radius 2 is 2.22 bits per heavy atom. The zero-order valence-corrected chi connectivity index (χ0v) is 10.6. The molecule has 0 saturated heterocycles. The highest BCUT2D eigenvalue weighted by Gasteiger charge is 2.24. The molecule has 0 heterocycles. The van der Waals surface area contributed by atoms with Gasteiger partial charge in [-0.3, -0.25) is 10.1 Å². The Balaban J connectivity index is 2.33. The van der Waals surface area contributed by atoms with E-state index in [0.717, 1.165) is 6.42 Å². The van der Waals surface area contributed by atoms with Crippen LogP contribution in [-0.4, -0.2) is 10.5 Å². The average Bonchev–Trinajstić information content (AvgIpc) is 2.28. The van der Waals surface area contributed by atoms with Crippen molar-refractivity contribution in [1.82, 2.24) is 0 Å². The molecule has 1 unspecified atom stereocenters. The van der Waals surface area contributed by atoms with Gasteiger partial charge in [-0.05, 0) is 25.5 Å². The summed E-state index contributed by atoms with van der Waals surface area (Å²) in [6, 6.07) is 4.51. The van der Waals surface area contributed by atoms with Gasteiger partial charge in [0.05, 0.1) is 10.5 Å². The maximum atomic E-state index is 11.0. The minimum Gasteiger partial charge on any atom is -0.370 e. The summed E-state index contributed by atoms with van der Waals surface area (Å²) in [5.41, 5.74) is 0.142. The molecular weight excluding hydrogens is 252 g/mol. The van der Waals surface area contributed by atoms with E-state index in [9.17, 15) is 10.1 Å². The summed E-state index contributed by atoms with van der Waals surface area (Å²) in [7, 11) is 0. The molecule has 1 atom stereocenters. The third-order valence-electron chi connectivity index (χ3n) is 2.83. The normalized spacial score (nSPS) is 21.9. The van der Waals surface area contributed by atoms with Crippen molar-refractivity contribution in [2.75, 3.05) is 5.32 Å². The zero-order valence-electron chi connectivity index (χ0n) is 9.89. The van der Waals surface area contributed by atoms with E-state index >= 15 is 0 Å². The SMILES string of the molecule is CC1(Nc2cc(Cl)ccc2[N+](=O)[O-])C=CC=CC1. The molecule has 0 aromatic heterocycles. The van der Waals surface area contributed by atoms with Gasteiger partial charge in [-0.15, -0.1) is 0 Å². The number of nitro groups is 1. The second kappa shape index (κ2) is 4.82. The number of allylic oxidation sites excluding steroid dienone is 2. The molecule has 0 aliphatic heterocycles. The Morgan fingerprint density at radius 3 is 2.83 bits per heavy atom. The van der Waals surface area contributed by atoms with E-state index < -0.39 is 4.92 Å². The first-order valence-electron chi connectivity index (χ1n) is 5.57. The predicted octanol–water partition coefficient (Wildman–Crippen LogP) is 3.93. The Kier molecular flexibility index (Phi) is 3.39. The van der Waals surface area contributed by atoms with E-state index in [-0.39, 0.29) is 11.2 Å². The smallest absolute Gasteiger partial charge is 0.292 e. The maximum Gasteiger partial charge on any atom is 0.292 e. The van der Waals surface area contributed by atoms with E-state index in [2.05, 4.69) is 5.32 Å². The number of hydrogen-bond donors (Lipinski definition) is 1. The molecule has 1 aliphatic carbocycles. The van der Waals surface area contributed by atoms with Gasteiger partial charge >= 0.3 is 0 Å². The summed E-state index contributed by atoms with van der Waals surface area (Å²) < 4.78 is 0. The zero-order chi connectivity index (χ0) is 13.2. The van der Waals surface area contributed by atoms with Crippen LogP contribution in [0.4, 0.5) is 11.4 Å². The number of rotatable bonds is 3. The highest BCUT2D eigenvalue weighted by molar-refractivity contribution is 6.31. The van der Waals surface area contributed by atoms with Crippen molar-refractivity contribution in [3.63, 3.8) is 0 Å². The monoisotopic (exact) mass is 264 g/mol. The van der Waals surface area contributed by atoms with Gasteiger partial charge in [0.25, 0.3) is 5.69 Å². The van der Waals surface area contributed by atoms with Crippen molar-refractivity contribution in [1.29, 1.82) is 0 Å². The van der Waals surface area contributed by atoms with Crippen LogP contribution in [-0.2, 0) is 0 Å². The van der Waals surface area contributed by atoms with Crippen LogP contribution in [0.15, 0.2) is 42.5 Å². The van der Waals surface area contributed by atoms with Crippen LogP contribution in [0.1, 0.15) is 13.3 Å². The van der Waals surface area contributed by atoms with Crippen molar-refractivity contribution < 1.29 is 4.92 Å². The fourth-order valence-electron chi connectivity index (χ4n) is 1.90. The molecule has 0 amide bonds. The molecule has 0 fully saturated rings. The van der Waals surface area contributed by atoms with Gasteiger partial charge in [0.2, 0.25) is 0 Å². The van der Waals surface area contributed by atoms with Gasteiger partial charge in [-0.2, -0.15) is 0 Å². The van der Waals surface area contributed by atoms with Crippen molar-refractivity contribution >= 4 is 23.0 Å². The Labute approximate surface area is 110 Å². The third-order valence-corrected chi connectivity index (χ3v) is 3.06. The Bertz CT molecular complexity index is 540. The summed E-state index contributed by atoms with van der Waals surface area (Å²) in [6.45, 7) is 1.98. The van der Waals surface area contributed by atoms with Crippen LogP contribution < -0.4 is 5.32 Å². The number of benzene rings is 1. The van der Waals surface area contributed by atoms with Crippen LogP contribution in [0.5, 0.6) is 0 Å². The molecule has 0 bridgehead atoms. The summed E-state index contributed by atoms with van der Waals surface area (Å²) >= 11 is 5.89. The molecule has 2 rings (SSSR count). The molecule has 94 valence electrons. The number of nitrogens with one attached hydrogen (secondary N) is 1. The number of hydrogen-bond acceptors (Lipinski definition) is 3.